The molecular formula is C11H13BrCl2N2O. The summed E-state index contributed by atoms with van der Waals surface area (Å²) in [6.07, 6.45) is 1.97. The van der Waals surface area contributed by atoms with Crippen molar-refractivity contribution in [2.45, 2.75) is 19.8 Å². The summed E-state index contributed by atoms with van der Waals surface area (Å²) in [5.74, 6) is 0. The predicted octanol–water partition coefficient (Wildman–Crippen LogP) is 4.68. The van der Waals surface area contributed by atoms with Crippen molar-refractivity contribution in [2.75, 3.05) is 11.9 Å². The molecule has 0 saturated heterocycles. The summed E-state index contributed by atoms with van der Waals surface area (Å²) in [7, 11) is 0. The van der Waals surface area contributed by atoms with Crippen LogP contribution in [0.4, 0.5) is 10.5 Å². The molecule has 0 saturated carbocycles. The molecule has 0 radical (unpaired) electrons. The SMILES string of the molecule is CCCCNC(=O)Nc1c(Cl)cc(Br)cc1Cl. The minimum atomic E-state index is -0.301. The lowest BCUT2D eigenvalue weighted by atomic mass is 10.3. The molecule has 17 heavy (non-hydrogen) atoms. The van der Waals surface area contributed by atoms with Crippen molar-refractivity contribution in [2.24, 2.45) is 0 Å². The maximum atomic E-state index is 11.5. The fraction of sp³-hybridized carbons (Fsp3) is 0.364. The normalized spacial score (nSPS) is 10.1. The van der Waals surface area contributed by atoms with E-state index in [0.29, 0.717) is 22.3 Å². The van der Waals surface area contributed by atoms with Crippen LogP contribution in [0.5, 0.6) is 0 Å². The highest BCUT2D eigenvalue weighted by molar-refractivity contribution is 9.10. The molecule has 1 aromatic rings. The Morgan fingerprint density at radius 2 is 1.94 bits per heavy atom. The van der Waals surface area contributed by atoms with Crippen molar-refractivity contribution in [3.05, 3.63) is 26.7 Å². The number of hydrogen-bond donors (Lipinski definition) is 2. The first kappa shape index (κ1) is 14.6. The Labute approximate surface area is 119 Å². The number of nitrogens with one attached hydrogen (secondary N) is 2. The first-order chi connectivity index (χ1) is 8.04. The van der Waals surface area contributed by atoms with Gasteiger partial charge in [-0.25, -0.2) is 4.79 Å². The summed E-state index contributed by atoms with van der Waals surface area (Å²) >= 11 is 15.2. The van der Waals surface area contributed by atoms with E-state index in [4.69, 9.17) is 23.2 Å². The number of benzene rings is 1. The second-order valence-corrected chi connectivity index (χ2v) is 5.21. The average molecular weight is 340 g/mol. The third-order valence-electron chi connectivity index (χ3n) is 2.06. The van der Waals surface area contributed by atoms with Gasteiger partial charge < -0.3 is 10.6 Å². The lowest BCUT2D eigenvalue weighted by Crippen LogP contribution is -2.29. The van der Waals surface area contributed by atoms with E-state index in [-0.39, 0.29) is 6.03 Å². The summed E-state index contributed by atoms with van der Waals surface area (Å²) in [5.41, 5.74) is 0.422. The Morgan fingerprint density at radius 3 is 2.47 bits per heavy atom. The molecule has 2 N–H and O–H groups in total. The fourth-order valence-corrected chi connectivity index (χ4v) is 2.50. The molecule has 0 aliphatic rings. The Morgan fingerprint density at radius 1 is 1.35 bits per heavy atom. The lowest BCUT2D eigenvalue weighted by molar-refractivity contribution is 0.252. The summed E-state index contributed by atoms with van der Waals surface area (Å²) in [6.45, 7) is 2.69. The van der Waals surface area contributed by atoms with Crippen molar-refractivity contribution in [3.63, 3.8) is 0 Å². The van der Waals surface area contributed by atoms with E-state index in [1.165, 1.54) is 0 Å². The molecule has 0 atom stereocenters. The van der Waals surface area contributed by atoms with Crippen LogP contribution in [0, 0.1) is 0 Å². The van der Waals surface area contributed by atoms with Gasteiger partial charge in [0.05, 0.1) is 15.7 Å². The number of carbonyl (C=O) groups is 1. The van der Waals surface area contributed by atoms with Crippen LogP contribution in [0.25, 0.3) is 0 Å². The van der Waals surface area contributed by atoms with Gasteiger partial charge in [-0.1, -0.05) is 52.5 Å². The molecule has 0 bridgehead atoms. The quantitative estimate of drug-likeness (QED) is 0.768. The van der Waals surface area contributed by atoms with Crippen LogP contribution < -0.4 is 10.6 Å². The van der Waals surface area contributed by atoms with Crippen LogP contribution >= 0.6 is 39.1 Å². The highest BCUT2D eigenvalue weighted by Crippen LogP contribution is 2.33. The number of rotatable bonds is 4. The molecule has 6 heteroatoms. The third kappa shape index (κ3) is 4.74. The van der Waals surface area contributed by atoms with E-state index in [0.717, 1.165) is 17.3 Å². The van der Waals surface area contributed by atoms with Gasteiger partial charge in [0.25, 0.3) is 0 Å². The maximum absolute atomic E-state index is 11.5. The van der Waals surface area contributed by atoms with Crippen molar-refractivity contribution in [1.29, 1.82) is 0 Å². The predicted molar refractivity (Wildman–Crippen MR) is 76.1 cm³/mol. The Kier molecular flexibility index (Phi) is 6.09. The number of halogens is 3. The second-order valence-electron chi connectivity index (χ2n) is 3.48. The Hall–Kier alpha value is -0.450. The van der Waals surface area contributed by atoms with Gasteiger partial charge in [0.15, 0.2) is 0 Å². The first-order valence-corrected chi connectivity index (χ1v) is 6.79. The average Bonchev–Trinajstić information content (AvgIpc) is 2.24. The minimum Gasteiger partial charge on any atom is -0.338 e. The standard InChI is InChI=1S/C11H13BrCl2N2O/c1-2-3-4-15-11(17)16-10-8(13)5-7(12)6-9(10)14/h5-6H,2-4H2,1H3,(H2,15,16,17). The van der Waals surface area contributed by atoms with E-state index in [2.05, 4.69) is 33.5 Å². The van der Waals surface area contributed by atoms with Gasteiger partial charge in [0, 0.05) is 11.0 Å². The molecule has 0 aliphatic carbocycles. The number of unbranched alkanes of at least 4 members (excludes halogenated alkanes) is 1. The van der Waals surface area contributed by atoms with Crippen LogP contribution in [0.15, 0.2) is 16.6 Å². The molecule has 3 nitrogen and oxygen atoms in total. The number of carbonyl (C=O) groups excluding carboxylic acids is 1. The summed E-state index contributed by atoms with van der Waals surface area (Å²) in [5, 5.41) is 6.15. The molecule has 0 aliphatic heterocycles. The third-order valence-corrected chi connectivity index (χ3v) is 3.12. The van der Waals surface area contributed by atoms with Crippen molar-refractivity contribution < 1.29 is 4.79 Å². The molecule has 0 unspecified atom stereocenters. The Bertz CT molecular complexity index is 389. The van der Waals surface area contributed by atoms with Gasteiger partial charge in [0.1, 0.15) is 0 Å². The number of anilines is 1. The topological polar surface area (TPSA) is 41.1 Å². The second kappa shape index (κ2) is 7.09. The molecule has 94 valence electrons. The maximum Gasteiger partial charge on any atom is 0.319 e. The highest BCUT2D eigenvalue weighted by Gasteiger charge is 2.10. The van der Waals surface area contributed by atoms with Crippen molar-refractivity contribution in [3.8, 4) is 0 Å². The molecule has 0 fully saturated rings. The zero-order chi connectivity index (χ0) is 12.8. The Balaban J connectivity index is 2.65. The smallest absolute Gasteiger partial charge is 0.319 e. The molecule has 1 rings (SSSR count). The van der Waals surface area contributed by atoms with Crippen molar-refractivity contribution in [1.82, 2.24) is 5.32 Å². The van der Waals surface area contributed by atoms with E-state index >= 15 is 0 Å². The molecule has 0 heterocycles. The van der Waals surface area contributed by atoms with Gasteiger partial charge >= 0.3 is 6.03 Å². The largest absolute Gasteiger partial charge is 0.338 e. The van der Waals surface area contributed by atoms with E-state index in [9.17, 15) is 4.79 Å². The summed E-state index contributed by atoms with van der Waals surface area (Å²) in [6, 6.07) is 3.05. The zero-order valence-corrected chi connectivity index (χ0v) is 12.4. The summed E-state index contributed by atoms with van der Waals surface area (Å²) < 4.78 is 0.768. The first-order valence-electron chi connectivity index (χ1n) is 5.24. The van der Waals surface area contributed by atoms with Crippen LogP contribution in [0.2, 0.25) is 10.0 Å². The van der Waals surface area contributed by atoms with Crippen LogP contribution in [0.3, 0.4) is 0 Å². The van der Waals surface area contributed by atoms with Crippen LogP contribution in [-0.4, -0.2) is 12.6 Å². The molecule has 2 amide bonds. The van der Waals surface area contributed by atoms with Crippen LogP contribution in [-0.2, 0) is 0 Å². The molecule has 0 aromatic heterocycles. The monoisotopic (exact) mass is 338 g/mol. The zero-order valence-electron chi connectivity index (χ0n) is 9.32. The van der Waals surface area contributed by atoms with E-state index in [1.54, 1.807) is 12.1 Å². The number of urea groups is 1. The number of hydrogen-bond acceptors (Lipinski definition) is 1. The van der Waals surface area contributed by atoms with Gasteiger partial charge in [-0.15, -0.1) is 0 Å². The van der Waals surface area contributed by atoms with Gasteiger partial charge in [-0.3, -0.25) is 0 Å². The lowest BCUT2D eigenvalue weighted by Gasteiger charge is -2.10. The van der Waals surface area contributed by atoms with E-state index < -0.39 is 0 Å². The fourth-order valence-electron chi connectivity index (χ4n) is 1.20. The summed E-state index contributed by atoms with van der Waals surface area (Å²) in [4.78, 5) is 11.5. The number of amides is 2. The molecule has 0 spiro atoms. The van der Waals surface area contributed by atoms with Gasteiger partial charge in [0.2, 0.25) is 0 Å². The minimum absolute atomic E-state index is 0.301. The van der Waals surface area contributed by atoms with Gasteiger partial charge in [-0.2, -0.15) is 0 Å². The molecule has 1 aromatic carbocycles. The van der Waals surface area contributed by atoms with E-state index in [1.807, 2.05) is 0 Å². The highest BCUT2D eigenvalue weighted by atomic mass is 79.9. The van der Waals surface area contributed by atoms with Crippen LogP contribution in [0.1, 0.15) is 19.8 Å². The molecular weight excluding hydrogens is 327 g/mol. The van der Waals surface area contributed by atoms with Crippen molar-refractivity contribution >= 4 is 50.9 Å². The van der Waals surface area contributed by atoms with Gasteiger partial charge in [-0.05, 0) is 18.6 Å².